The van der Waals surface area contributed by atoms with Crippen molar-refractivity contribution in [1.29, 1.82) is 0 Å². The summed E-state index contributed by atoms with van der Waals surface area (Å²) in [7, 11) is 0. The number of nitrogens with one attached hydrogen (secondary N) is 1. The Kier molecular flexibility index (Phi) is 5.40. The minimum absolute atomic E-state index is 0.565. The maximum Gasteiger partial charge on any atom is 0.0281 e. The van der Waals surface area contributed by atoms with Gasteiger partial charge in [0, 0.05) is 23.4 Å². The van der Waals surface area contributed by atoms with Gasteiger partial charge in [0.05, 0.1) is 0 Å². The van der Waals surface area contributed by atoms with E-state index in [0.717, 1.165) is 12.1 Å². The zero-order valence-corrected chi connectivity index (χ0v) is 13.2. The molecule has 2 aliphatic rings. The van der Waals surface area contributed by atoms with Crippen molar-refractivity contribution in [1.82, 2.24) is 10.2 Å². The van der Waals surface area contributed by atoms with Crippen LogP contribution in [-0.2, 0) is 0 Å². The first-order valence-corrected chi connectivity index (χ1v) is 8.90. The summed E-state index contributed by atoms with van der Waals surface area (Å²) < 4.78 is 0.565. The van der Waals surface area contributed by atoms with Gasteiger partial charge in [0.2, 0.25) is 0 Å². The van der Waals surface area contributed by atoms with E-state index in [2.05, 4.69) is 42.1 Å². The average Bonchev–Trinajstić information content (AvgIpc) is 2.86. The standard InChI is InChI=1S/C15H30N2S/c1-13(2)17-10-6-14(7-11-17)16-12-15(18-3)8-4-5-9-15/h13-14,16H,4-12H2,1-3H3. The Morgan fingerprint density at radius 3 is 2.33 bits per heavy atom. The van der Waals surface area contributed by atoms with Crippen molar-refractivity contribution in [3.05, 3.63) is 0 Å². The summed E-state index contributed by atoms with van der Waals surface area (Å²) in [6, 6.07) is 1.49. The molecule has 1 saturated carbocycles. The average molecular weight is 270 g/mol. The second-order valence-electron chi connectivity index (χ2n) is 6.38. The molecule has 2 fully saturated rings. The van der Waals surface area contributed by atoms with Crippen LogP contribution in [0.2, 0.25) is 0 Å². The van der Waals surface area contributed by atoms with E-state index in [4.69, 9.17) is 0 Å². The van der Waals surface area contributed by atoms with Crippen LogP contribution in [0.15, 0.2) is 0 Å². The fraction of sp³-hybridized carbons (Fsp3) is 1.00. The number of piperidine rings is 1. The van der Waals surface area contributed by atoms with Gasteiger partial charge in [-0.1, -0.05) is 12.8 Å². The predicted octanol–water partition coefficient (Wildman–Crippen LogP) is 3.12. The first kappa shape index (κ1) is 14.7. The van der Waals surface area contributed by atoms with Crippen LogP contribution in [0.1, 0.15) is 52.4 Å². The molecular weight excluding hydrogens is 240 g/mol. The van der Waals surface area contributed by atoms with Crippen molar-refractivity contribution in [2.75, 3.05) is 25.9 Å². The summed E-state index contributed by atoms with van der Waals surface area (Å²) in [5.41, 5.74) is 0. The molecule has 3 heteroatoms. The molecule has 0 amide bonds. The third kappa shape index (κ3) is 3.64. The molecule has 1 aliphatic carbocycles. The second kappa shape index (κ2) is 6.62. The second-order valence-corrected chi connectivity index (χ2v) is 7.65. The molecule has 0 radical (unpaired) electrons. The maximum absolute atomic E-state index is 3.87. The summed E-state index contributed by atoms with van der Waals surface area (Å²) in [4.78, 5) is 2.61. The highest BCUT2D eigenvalue weighted by molar-refractivity contribution is 8.00. The van der Waals surface area contributed by atoms with Gasteiger partial charge >= 0.3 is 0 Å². The smallest absolute Gasteiger partial charge is 0.0281 e. The summed E-state index contributed by atoms with van der Waals surface area (Å²) in [6.45, 7) is 8.42. The molecule has 0 atom stereocenters. The van der Waals surface area contributed by atoms with Gasteiger partial charge in [-0.05, 0) is 58.9 Å². The summed E-state index contributed by atoms with van der Waals surface area (Å²) in [6.07, 6.45) is 10.7. The van der Waals surface area contributed by atoms with Crippen molar-refractivity contribution in [2.24, 2.45) is 0 Å². The summed E-state index contributed by atoms with van der Waals surface area (Å²) in [5.74, 6) is 0. The van der Waals surface area contributed by atoms with Gasteiger partial charge in [0.1, 0.15) is 0 Å². The largest absolute Gasteiger partial charge is 0.313 e. The van der Waals surface area contributed by atoms with E-state index in [1.807, 2.05) is 0 Å². The van der Waals surface area contributed by atoms with Gasteiger partial charge in [0.15, 0.2) is 0 Å². The first-order chi connectivity index (χ1) is 8.65. The normalized spacial score (nSPS) is 26.0. The van der Waals surface area contributed by atoms with Crippen molar-refractivity contribution in [2.45, 2.75) is 69.2 Å². The highest BCUT2D eigenvalue weighted by Crippen LogP contribution is 2.39. The van der Waals surface area contributed by atoms with E-state index < -0.39 is 0 Å². The number of likely N-dealkylation sites (tertiary alicyclic amines) is 1. The predicted molar refractivity (Wildman–Crippen MR) is 82.4 cm³/mol. The van der Waals surface area contributed by atoms with E-state index in [9.17, 15) is 0 Å². The highest BCUT2D eigenvalue weighted by atomic mass is 32.2. The zero-order chi connectivity index (χ0) is 13.0. The van der Waals surface area contributed by atoms with Crippen molar-refractivity contribution >= 4 is 11.8 Å². The van der Waals surface area contributed by atoms with Crippen LogP contribution in [0.4, 0.5) is 0 Å². The molecule has 0 spiro atoms. The molecule has 0 bridgehead atoms. The van der Waals surface area contributed by atoms with Crippen LogP contribution in [-0.4, -0.2) is 47.6 Å². The van der Waals surface area contributed by atoms with Gasteiger partial charge in [-0.25, -0.2) is 0 Å². The Morgan fingerprint density at radius 1 is 1.22 bits per heavy atom. The highest BCUT2D eigenvalue weighted by Gasteiger charge is 2.33. The SMILES string of the molecule is CSC1(CNC2CCN(C(C)C)CC2)CCCC1. The maximum atomic E-state index is 3.87. The molecule has 0 aromatic heterocycles. The third-order valence-corrected chi connectivity index (χ3v) is 6.34. The van der Waals surface area contributed by atoms with Gasteiger partial charge in [-0.3, -0.25) is 0 Å². The molecule has 18 heavy (non-hydrogen) atoms. The van der Waals surface area contributed by atoms with Crippen LogP contribution in [0.5, 0.6) is 0 Å². The van der Waals surface area contributed by atoms with Crippen molar-refractivity contribution in [3.63, 3.8) is 0 Å². The van der Waals surface area contributed by atoms with Gasteiger partial charge < -0.3 is 10.2 Å². The summed E-state index contributed by atoms with van der Waals surface area (Å²) >= 11 is 2.10. The van der Waals surface area contributed by atoms with E-state index in [1.165, 1.54) is 58.2 Å². The molecule has 2 nitrogen and oxygen atoms in total. The molecule has 2 rings (SSSR count). The Bertz CT molecular complexity index is 241. The lowest BCUT2D eigenvalue weighted by atomic mass is 10.0. The van der Waals surface area contributed by atoms with Gasteiger partial charge in [-0.15, -0.1) is 0 Å². The number of nitrogens with zero attached hydrogens (tertiary/aromatic N) is 1. The van der Waals surface area contributed by atoms with Crippen LogP contribution in [0.3, 0.4) is 0 Å². The first-order valence-electron chi connectivity index (χ1n) is 7.68. The van der Waals surface area contributed by atoms with Crippen molar-refractivity contribution < 1.29 is 0 Å². The van der Waals surface area contributed by atoms with Crippen LogP contribution < -0.4 is 5.32 Å². The third-order valence-electron chi connectivity index (χ3n) is 4.92. The van der Waals surface area contributed by atoms with Crippen molar-refractivity contribution in [3.8, 4) is 0 Å². The van der Waals surface area contributed by atoms with E-state index in [1.54, 1.807) is 0 Å². The van der Waals surface area contributed by atoms with E-state index >= 15 is 0 Å². The van der Waals surface area contributed by atoms with Crippen LogP contribution >= 0.6 is 11.8 Å². The molecule has 106 valence electrons. The molecule has 1 saturated heterocycles. The fourth-order valence-corrected chi connectivity index (χ4v) is 4.35. The Morgan fingerprint density at radius 2 is 1.83 bits per heavy atom. The molecular formula is C15H30N2S. The van der Waals surface area contributed by atoms with E-state index in [0.29, 0.717) is 4.75 Å². The Balaban J connectivity index is 1.71. The van der Waals surface area contributed by atoms with Crippen LogP contribution in [0.25, 0.3) is 0 Å². The zero-order valence-electron chi connectivity index (χ0n) is 12.4. The quantitative estimate of drug-likeness (QED) is 0.826. The Labute approximate surface area is 117 Å². The summed E-state index contributed by atoms with van der Waals surface area (Å²) in [5, 5.41) is 3.87. The van der Waals surface area contributed by atoms with Gasteiger partial charge in [0.25, 0.3) is 0 Å². The lowest BCUT2D eigenvalue weighted by molar-refractivity contribution is 0.160. The fourth-order valence-electron chi connectivity index (χ4n) is 3.42. The number of rotatable bonds is 5. The molecule has 1 aliphatic heterocycles. The van der Waals surface area contributed by atoms with Gasteiger partial charge in [-0.2, -0.15) is 11.8 Å². The van der Waals surface area contributed by atoms with E-state index in [-0.39, 0.29) is 0 Å². The molecule has 1 N–H and O–H groups in total. The number of hydrogen-bond donors (Lipinski definition) is 1. The Hall–Kier alpha value is 0.270. The molecule has 0 aromatic rings. The molecule has 0 unspecified atom stereocenters. The lowest BCUT2D eigenvalue weighted by Crippen LogP contribution is -2.48. The molecule has 0 aromatic carbocycles. The molecule has 1 heterocycles. The monoisotopic (exact) mass is 270 g/mol. The number of thioether (sulfide) groups is 1. The van der Waals surface area contributed by atoms with Crippen LogP contribution in [0, 0.1) is 0 Å². The number of hydrogen-bond acceptors (Lipinski definition) is 3. The minimum atomic E-state index is 0.565. The topological polar surface area (TPSA) is 15.3 Å². The minimum Gasteiger partial charge on any atom is -0.313 e. The lowest BCUT2D eigenvalue weighted by Gasteiger charge is -2.37.